The van der Waals surface area contributed by atoms with Crippen LogP contribution in [-0.2, 0) is 19.4 Å². The van der Waals surface area contributed by atoms with Crippen LogP contribution in [-0.4, -0.2) is 18.6 Å². The third kappa shape index (κ3) is 4.44. The van der Waals surface area contributed by atoms with Gasteiger partial charge in [-0.05, 0) is 53.8 Å². The summed E-state index contributed by atoms with van der Waals surface area (Å²) in [4.78, 5) is 10.5. The van der Waals surface area contributed by atoms with Crippen molar-refractivity contribution in [2.24, 2.45) is 0 Å². The molecule has 6 heteroatoms. The van der Waals surface area contributed by atoms with Crippen LogP contribution in [0.25, 0.3) is 0 Å². The van der Waals surface area contributed by atoms with Gasteiger partial charge in [0.25, 0.3) is 5.69 Å². The molecule has 1 N–H and O–H groups in total. The molecule has 1 atom stereocenters. The Morgan fingerprint density at radius 3 is 2.50 bits per heavy atom. The topological polar surface area (TPSA) is 73.6 Å². The van der Waals surface area contributed by atoms with E-state index < -0.39 is 0 Å². The van der Waals surface area contributed by atoms with Crippen LogP contribution < -0.4 is 14.8 Å². The summed E-state index contributed by atoms with van der Waals surface area (Å²) in [5, 5.41) is 14.5. The zero-order valence-corrected chi connectivity index (χ0v) is 16.8. The van der Waals surface area contributed by atoms with E-state index in [0.717, 1.165) is 42.0 Å². The van der Waals surface area contributed by atoms with Crippen molar-refractivity contribution < 1.29 is 14.4 Å². The van der Waals surface area contributed by atoms with Gasteiger partial charge in [-0.3, -0.25) is 10.1 Å². The highest BCUT2D eigenvalue weighted by molar-refractivity contribution is 5.50. The molecule has 0 bridgehead atoms. The standard InChI is InChI=1S/C24H24N2O4/c1-29-23-14-19-11-12-25-22(13-17-7-9-20(10-8-17)26(27)28)21(19)15-24(23)30-16-18-5-3-2-4-6-18/h2-10,14-15,22,25H,11-13,16H2,1H3. The first kappa shape index (κ1) is 19.9. The molecule has 4 rings (SSSR count). The summed E-state index contributed by atoms with van der Waals surface area (Å²) in [5.74, 6) is 1.46. The molecule has 0 amide bonds. The molecule has 1 unspecified atom stereocenters. The lowest BCUT2D eigenvalue weighted by Crippen LogP contribution is -2.31. The monoisotopic (exact) mass is 404 g/mol. The lowest BCUT2D eigenvalue weighted by molar-refractivity contribution is -0.384. The van der Waals surface area contributed by atoms with E-state index in [1.165, 1.54) is 11.1 Å². The third-order valence-electron chi connectivity index (χ3n) is 5.41. The highest BCUT2D eigenvalue weighted by Gasteiger charge is 2.23. The number of nitrogens with zero attached hydrogens (tertiary/aromatic N) is 1. The maximum Gasteiger partial charge on any atom is 0.269 e. The summed E-state index contributed by atoms with van der Waals surface area (Å²) in [6.45, 7) is 1.34. The van der Waals surface area contributed by atoms with Crippen molar-refractivity contribution in [1.29, 1.82) is 0 Å². The normalized spacial score (nSPS) is 15.3. The second-order valence-corrected chi connectivity index (χ2v) is 7.36. The average Bonchev–Trinajstić information content (AvgIpc) is 2.78. The van der Waals surface area contributed by atoms with Crippen LogP contribution >= 0.6 is 0 Å². The molecular weight excluding hydrogens is 380 g/mol. The fourth-order valence-electron chi connectivity index (χ4n) is 3.83. The maximum absolute atomic E-state index is 10.9. The molecule has 1 heterocycles. The number of hydrogen-bond donors (Lipinski definition) is 1. The zero-order chi connectivity index (χ0) is 20.9. The van der Waals surface area contributed by atoms with E-state index in [9.17, 15) is 10.1 Å². The Morgan fingerprint density at radius 2 is 1.80 bits per heavy atom. The SMILES string of the molecule is COc1cc2c(cc1OCc1ccccc1)C(Cc1ccc([N+](=O)[O-])cc1)NCC2. The van der Waals surface area contributed by atoms with E-state index in [1.54, 1.807) is 19.2 Å². The highest BCUT2D eigenvalue weighted by atomic mass is 16.6. The number of nitrogens with one attached hydrogen (secondary N) is 1. The lowest BCUT2D eigenvalue weighted by Gasteiger charge is -2.28. The van der Waals surface area contributed by atoms with Gasteiger partial charge in [0.2, 0.25) is 0 Å². The Balaban J connectivity index is 1.57. The Labute approximate surface area is 175 Å². The van der Waals surface area contributed by atoms with Gasteiger partial charge < -0.3 is 14.8 Å². The number of non-ortho nitro benzene ring substituents is 1. The molecule has 0 saturated heterocycles. The van der Waals surface area contributed by atoms with E-state index >= 15 is 0 Å². The summed E-state index contributed by atoms with van der Waals surface area (Å²) in [6, 6.07) is 21.0. The van der Waals surface area contributed by atoms with Crippen molar-refractivity contribution in [1.82, 2.24) is 5.32 Å². The van der Waals surface area contributed by atoms with Gasteiger partial charge in [-0.1, -0.05) is 42.5 Å². The number of nitro groups is 1. The van der Waals surface area contributed by atoms with Crippen LogP contribution in [0.15, 0.2) is 66.7 Å². The summed E-state index contributed by atoms with van der Waals surface area (Å²) < 4.78 is 11.7. The molecule has 6 nitrogen and oxygen atoms in total. The molecule has 1 aliphatic rings. The summed E-state index contributed by atoms with van der Waals surface area (Å²) in [7, 11) is 1.66. The molecule has 0 fully saturated rings. The summed E-state index contributed by atoms with van der Waals surface area (Å²) >= 11 is 0. The number of nitro benzene ring substituents is 1. The molecule has 0 spiro atoms. The molecule has 0 saturated carbocycles. The predicted octanol–water partition coefficient (Wildman–Crippen LogP) is 4.61. The molecule has 3 aromatic rings. The number of ether oxygens (including phenoxy) is 2. The van der Waals surface area contributed by atoms with Gasteiger partial charge in [0.15, 0.2) is 11.5 Å². The van der Waals surface area contributed by atoms with Gasteiger partial charge in [0.05, 0.1) is 12.0 Å². The van der Waals surface area contributed by atoms with Crippen molar-refractivity contribution in [2.45, 2.75) is 25.5 Å². The van der Waals surface area contributed by atoms with Crippen molar-refractivity contribution in [3.05, 3.63) is 99.1 Å². The highest BCUT2D eigenvalue weighted by Crippen LogP contribution is 2.37. The Hall–Kier alpha value is -3.38. The summed E-state index contributed by atoms with van der Waals surface area (Å²) in [5.41, 5.74) is 4.68. The first-order valence-electron chi connectivity index (χ1n) is 9.98. The van der Waals surface area contributed by atoms with Crippen molar-refractivity contribution in [3.63, 3.8) is 0 Å². The Morgan fingerprint density at radius 1 is 1.03 bits per heavy atom. The Bertz CT molecular complexity index is 1020. The molecule has 0 aliphatic carbocycles. The first-order chi connectivity index (χ1) is 14.6. The zero-order valence-electron chi connectivity index (χ0n) is 16.8. The third-order valence-corrected chi connectivity index (χ3v) is 5.41. The van der Waals surface area contributed by atoms with Crippen LogP contribution in [0.2, 0.25) is 0 Å². The number of rotatable bonds is 7. The van der Waals surface area contributed by atoms with Crippen molar-refractivity contribution in [2.75, 3.05) is 13.7 Å². The second kappa shape index (κ2) is 8.97. The van der Waals surface area contributed by atoms with Crippen molar-refractivity contribution >= 4 is 5.69 Å². The molecule has 1 aliphatic heterocycles. The minimum atomic E-state index is -0.374. The van der Waals surface area contributed by atoms with Crippen LogP contribution in [0.1, 0.15) is 28.3 Å². The van der Waals surface area contributed by atoms with Gasteiger partial charge in [0.1, 0.15) is 6.61 Å². The number of methoxy groups -OCH3 is 1. The molecule has 0 aromatic heterocycles. The van der Waals surface area contributed by atoms with Gasteiger partial charge in [-0.2, -0.15) is 0 Å². The fraction of sp³-hybridized carbons (Fsp3) is 0.250. The second-order valence-electron chi connectivity index (χ2n) is 7.36. The number of fused-ring (bicyclic) bond motifs is 1. The van der Waals surface area contributed by atoms with Crippen LogP contribution in [0.4, 0.5) is 5.69 Å². The molecule has 30 heavy (non-hydrogen) atoms. The molecule has 0 radical (unpaired) electrons. The number of hydrogen-bond acceptors (Lipinski definition) is 5. The lowest BCUT2D eigenvalue weighted by atomic mass is 9.90. The van der Waals surface area contributed by atoms with Gasteiger partial charge >= 0.3 is 0 Å². The largest absolute Gasteiger partial charge is 0.493 e. The van der Waals surface area contributed by atoms with E-state index in [0.29, 0.717) is 6.61 Å². The van der Waals surface area contributed by atoms with Gasteiger partial charge in [-0.15, -0.1) is 0 Å². The van der Waals surface area contributed by atoms with E-state index in [-0.39, 0.29) is 16.7 Å². The van der Waals surface area contributed by atoms with E-state index in [2.05, 4.69) is 17.4 Å². The number of benzene rings is 3. The first-order valence-corrected chi connectivity index (χ1v) is 9.98. The molecular formula is C24H24N2O4. The predicted molar refractivity (Wildman–Crippen MR) is 115 cm³/mol. The average molecular weight is 404 g/mol. The van der Waals surface area contributed by atoms with Crippen LogP contribution in [0, 0.1) is 10.1 Å². The van der Waals surface area contributed by atoms with E-state index in [4.69, 9.17) is 9.47 Å². The molecule has 3 aromatic carbocycles. The smallest absolute Gasteiger partial charge is 0.269 e. The van der Waals surface area contributed by atoms with Crippen LogP contribution in [0.3, 0.4) is 0 Å². The minimum Gasteiger partial charge on any atom is -0.493 e. The summed E-state index contributed by atoms with van der Waals surface area (Å²) in [6.07, 6.45) is 1.66. The minimum absolute atomic E-state index is 0.108. The quantitative estimate of drug-likeness (QED) is 0.460. The molecule has 154 valence electrons. The Kier molecular flexibility index (Phi) is 5.95. The van der Waals surface area contributed by atoms with Gasteiger partial charge in [-0.25, -0.2) is 0 Å². The van der Waals surface area contributed by atoms with Crippen molar-refractivity contribution in [3.8, 4) is 11.5 Å². The van der Waals surface area contributed by atoms with Crippen LogP contribution in [0.5, 0.6) is 11.5 Å². The fourth-order valence-corrected chi connectivity index (χ4v) is 3.83. The van der Waals surface area contributed by atoms with E-state index in [1.807, 2.05) is 42.5 Å². The van der Waals surface area contributed by atoms with Gasteiger partial charge in [0, 0.05) is 18.2 Å². The maximum atomic E-state index is 10.9.